The number of hydrogen-bond donors (Lipinski definition) is 2. The number of nitrogens with zero attached hydrogens (tertiary/aromatic N) is 3. The molecule has 1 aliphatic heterocycles. The van der Waals surface area contributed by atoms with Crippen molar-refractivity contribution in [2.45, 2.75) is 84.1 Å². The molecule has 1 aromatic heterocycles. The van der Waals surface area contributed by atoms with Gasteiger partial charge in [-0.2, -0.15) is 0 Å². The summed E-state index contributed by atoms with van der Waals surface area (Å²) in [4.78, 5) is 11.3. The first-order valence-corrected chi connectivity index (χ1v) is 12.4. The number of nitrogens with one attached hydrogen (secondary N) is 2. The molecule has 1 aromatic rings. The number of hydrogen-bond acceptors (Lipinski definition) is 5. The molecule has 1 saturated heterocycles. The second kappa shape index (κ2) is 13.0. The van der Waals surface area contributed by atoms with Gasteiger partial charge in [0.1, 0.15) is 6.10 Å². The maximum Gasteiger partial charge on any atom is 0.213 e. The standard InChI is InChI=1S/C25H43N5O2/c1-19(2)31-16-15-30-13-10-22(11-14-30)29-25(26-4)28-18-21-9-12-27-24(17-21)32-23-7-5-20(3)6-8-23/h9,12,17,19-20,22-23H,5-8,10-11,13-16,18H2,1-4H3,(H2,26,28,29). The maximum absolute atomic E-state index is 6.15. The van der Waals surface area contributed by atoms with Crippen LogP contribution in [0.4, 0.5) is 0 Å². The van der Waals surface area contributed by atoms with Gasteiger partial charge in [-0.1, -0.05) is 6.92 Å². The van der Waals surface area contributed by atoms with E-state index in [-0.39, 0.29) is 0 Å². The van der Waals surface area contributed by atoms with E-state index < -0.39 is 0 Å². The molecule has 0 unspecified atom stereocenters. The van der Waals surface area contributed by atoms with E-state index in [9.17, 15) is 0 Å². The quantitative estimate of drug-likeness (QED) is 0.447. The van der Waals surface area contributed by atoms with E-state index in [0.29, 0.717) is 24.8 Å². The third-order valence-electron chi connectivity index (χ3n) is 6.52. The Labute approximate surface area is 194 Å². The number of likely N-dealkylation sites (tertiary alicyclic amines) is 1. The fourth-order valence-electron chi connectivity index (χ4n) is 4.44. The minimum Gasteiger partial charge on any atom is -0.474 e. The number of guanidine groups is 1. The van der Waals surface area contributed by atoms with E-state index in [2.05, 4.69) is 52.3 Å². The lowest BCUT2D eigenvalue weighted by atomic mass is 9.89. The van der Waals surface area contributed by atoms with Gasteiger partial charge >= 0.3 is 0 Å². The van der Waals surface area contributed by atoms with Crippen LogP contribution in [0.25, 0.3) is 0 Å². The van der Waals surface area contributed by atoms with Crippen LogP contribution in [0.15, 0.2) is 23.3 Å². The predicted molar refractivity (Wildman–Crippen MR) is 130 cm³/mol. The zero-order valence-corrected chi connectivity index (χ0v) is 20.5. The van der Waals surface area contributed by atoms with Crippen LogP contribution in [-0.2, 0) is 11.3 Å². The van der Waals surface area contributed by atoms with Gasteiger partial charge in [-0.15, -0.1) is 0 Å². The largest absolute Gasteiger partial charge is 0.474 e. The highest BCUT2D eigenvalue weighted by atomic mass is 16.5. The molecule has 2 heterocycles. The Morgan fingerprint density at radius 2 is 1.94 bits per heavy atom. The van der Waals surface area contributed by atoms with Gasteiger partial charge < -0.3 is 25.0 Å². The number of aliphatic imine (C=N–C) groups is 1. The minimum atomic E-state index is 0.305. The molecule has 0 radical (unpaired) electrons. The lowest BCUT2D eigenvalue weighted by Crippen LogP contribution is -2.49. The Bertz CT molecular complexity index is 695. The number of rotatable bonds is 9. The first-order chi connectivity index (χ1) is 15.5. The molecule has 3 rings (SSSR count). The third-order valence-corrected chi connectivity index (χ3v) is 6.52. The summed E-state index contributed by atoms with van der Waals surface area (Å²) in [5, 5.41) is 7.04. The summed E-state index contributed by atoms with van der Waals surface area (Å²) in [6.45, 7) is 11.2. The Balaban J connectivity index is 1.38. The van der Waals surface area contributed by atoms with Gasteiger partial charge in [-0.05, 0) is 69.9 Å². The SMILES string of the molecule is CN=C(NCc1ccnc(OC2CCC(C)CC2)c1)NC1CCN(CCOC(C)C)CC1. The zero-order valence-electron chi connectivity index (χ0n) is 20.5. The van der Waals surface area contributed by atoms with Crippen LogP contribution in [0.5, 0.6) is 5.88 Å². The van der Waals surface area contributed by atoms with Crippen LogP contribution >= 0.6 is 0 Å². The summed E-state index contributed by atoms with van der Waals surface area (Å²) in [5.74, 6) is 2.41. The normalized spacial score (nSPS) is 23.3. The lowest BCUT2D eigenvalue weighted by molar-refractivity contribution is 0.0532. The van der Waals surface area contributed by atoms with Crippen LogP contribution in [-0.4, -0.2) is 67.4 Å². The van der Waals surface area contributed by atoms with E-state index in [1.54, 1.807) is 0 Å². The molecular formula is C25H43N5O2. The summed E-state index contributed by atoms with van der Waals surface area (Å²) >= 11 is 0. The smallest absolute Gasteiger partial charge is 0.213 e. The van der Waals surface area contributed by atoms with Crippen LogP contribution in [0.1, 0.15) is 64.9 Å². The van der Waals surface area contributed by atoms with E-state index >= 15 is 0 Å². The first kappa shape index (κ1) is 24.8. The lowest BCUT2D eigenvalue weighted by Gasteiger charge is -2.33. The number of piperidine rings is 1. The molecule has 1 aliphatic carbocycles. The van der Waals surface area contributed by atoms with Crippen molar-refractivity contribution in [2.24, 2.45) is 10.9 Å². The van der Waals surface area contributed by atoms with Crippen LogP contribution in [0, 0.1) is 5.92 Å². The summed E-state index contributed by atoms with van der Waals surface area (Å²) in [6.07, 6.45) is 9.45. The van der Waals surface area contributed by atoms with Crippen molar-refractivity contribution in [1.29, 1.82) is 0 Å². The Morgan fingerprint density at radius 3 is 2.62 bits per heavy atom. The number of aromatic nitrogens is 1. The van der Waals surface area contributed by atoms with Crippen molar-refractivity contribution in [1.82, 2.24) is 20.5 Å². The maximum atomic E-state index is 6.15. The molecule has 0 spiro atoms. The fourth-order valence-corrected chi connectivity index (χ4v) is 4.44. The summed E-state index contributed by atoms with van der Waals surface area (Å²) < 4.78 is 11.8. The van der Waals surface area contributed by atoms with Crippen molar-refractivity contribution in [2.75, 3.05) is 33.3 Å². The molecule has 2 aliphatic rings. The molecule has 0 atom stereocenters. The highest BCUT2D eigenvalue weighted by molar-refractivity contribution is 5.79. The predicted octanol–water partition coefficient (Wildman–Crippen LogP) is 3.59. The van der Waals surface area contributed by atoms with Gasteiger partial charge in [-0.3, -0.25) is 4.99 Å². The van der Waals surface area contributed by atoms with Crippen molar-refractivity contribution >= 4 is 5.96 Å². The molecule has 180 valence electrons. The summed E-state index contributed by atoms with van der Waals surface area (Å²) in [7, 11) is 1.83. The van der Waals surface area contributed by atoms with Gasteiger partial charge in [0.2, 0.25) is 5.88 Å². The molecule has 2 N–H and O–H groups in total. The molecule has 2 fully saturated rings. The number of pyridine rings is 1. The Hall–Kier alpha value is -1.86. The van der Waals surface area contributed by atoms with Gasteiger partial charge in [-0.25, -0.2) is 4.98 Å². The second-order valence-electron chi connectivity index (χ2n) is 9.61. The van der Waals surface area contributed by atoms with Crippen molar-refractivity contribution < 1.29 is 9.47 Å². The van der Waals surface area contributed by atoms with Gasteiger partial charge in [0.05, 0.1) is 12.7 Å². The van der Waals surface area contributed by atoms with E-state index in [4.69, 9.17) is 9.47 Å². The molecule has 0 aromatic carbocycles. The third kappa shape index (κ3) is 8.58. The zero-order chi connectivity index (χ0) is 22.8. The molecule has 1 saturated carbocycles. The highest BCUT2D eigenvalue weighted by Crippen LogP contribution is 2.26. The minimum absolute atomic E-state index is 0.305. The molecule has 32 heavy (non-hydrogen) atoms. The van der Waals surface area contributed by atoms with Crippen molar-refractivity contribution in [3.8, 4) is 5.88 Å². The molecular weight excluding hydrogens is 402 g/mol. The first-order valence-electron chi connectivity index (χ1n) is 12.4. The van der Waals surface area contributed by atoms with Gasteiger partial charge in [0.15, 0.2) is 5.96 Å². The monoisotopic (exact) mass is 445 g/mol. The Kier molecular flexibility index (Phi) is 10.1. The van der Waals surface area contributed by atoms with E-state index in [1.165, 1.54) is 12.8 Å². The highest BCUT2D eigenvalue weighted by Gasteiger charge is 2.21. The van der Waals surface area contributed by atoms with Crippen LogP contribution in [0.3, 0.4) is 0 Å². The topological polar surface area (TPSA) is 71.0 Å². The van der Waals surface area contributed by atoms with Crippen molar-refractivity contribution in [3.05, 3.63) is 23.9 Å². The van der Waals surface area contributed by atoms with Crippen molar-refractivity contribution in [3.63, 3.8) is 0 Å². The Morgan fingerprint density at radius 1 is 1.19 bits per heavy atom. The average molecular weight is 446 g/mol. The summed E-state index contributed by atoms with van der Waals surface area (Å²) in [5.41, 5.74) is 1.15. The fraction of sp³-hybridized carbons (Fsp3) is 0.760. The van der Waals surface area contributed by atoms with E-state index in [0.717, 1.165) is 75.2 Å². The van der Waals surface area contributed by atoms with Crippen LogP contribution in [0.2, 0.25) is 0 Å². The molecule has 7 nitrogen and oxygen atoms in total. The molecule has 0 bridgehead atoms. The summed E-state index contributed by atoms with van der Waals surface area (Å²) in [6, 6.07) is 4.54. The van der Waals surface area contributed by atoms with E-state index in [1.807, 2.05) is 19.3 Å². The van der Waals surface area contributed by atoms with Crippen LogP contribution < -0.4 is 15.4 Å². The molecule has 7 heteroatoms. The van der Waals surface area contributed by atoms with Gasteiger partial charge in [0, 0.05) is 51.5 Å². The van der Waals surface area contributed by atoms with Gasteiger partial charge in [0.25, 0.3) is 0 Å². The second-order valence-corrected chi connectivity index (χ2v) is 9.61. The molecule has 0 amide bonds. The average Bonchev–Trinajstić information content (AvgIpc) is 2.79. The number of ether oxygens (including phenoxy) is 2.